The number of amides is 1. The molecule has 0 radical (unpaired) electrons. The molecule has 158 valence electrons. The van der Waals surface area contributed by atoms with Crippen LogP contribution < -0.4 is 16.6 Å². The van der Waals surface area contributed by atoms with Crippen molar-refractivity contribution >= 4 is 44.7 Å². The second kappa shape index (κ2) is 8.17. The molecule has 4 rings (SSSR count). The van der Waals surface area contributed by atoms with Crippen LogP contribution in [0.1, 0.15) is 16.0 Å². The molecule has 4 aromatic rings. The van der Waals surface area contributed by atoms with Gasteiger partial charge in [-0.1, -0.05) is 29.8 Å². The van der Waals surface area contributed by atoms with Crippen molar-refractivity contribution in [3.63, 3.8) is 0 Å². The van der Waals surface area contributed by atoms with E-state index in [0.29, 0.717) is 26.6 Å². The molecule has 2 heterocycles. The highest BCUT2D eigenvalue weighted by Crippen LogP contribution is 2.23. The maximum atomic E-state index is 13.3. The molecule has 0 aliphatic heterocycles. The number of fused-ring (bicyclic) bond motifs is 1. The van der Waals surface area contributed by atoms with Gasteiger partial charge in [-0.2, -0.15) is 0 Å². The summed E-state index contributed by atoms with van der Waals surface area (Å²) in [6.45, 7) is 5.54. The van der Waals surface area contributed by atoms with Crippen LogP contribution in [0.4, 0.5) is 5.69 Å². The van der Waals surface area contributed by atoms with Gasteiger partial charge in [0.1, 0.15) is 11.4 Å². The third kappa shape index (κ3) is 3.94. The lowest BCUT2D eigenvalue weighted by atomic mass is 10.1. The lowest BCUT2D eigenvalue weighted by Crippen LogP contribution is -2.40. The number of carbonyl (C=O) groups excluding carboxylic acids is 1. The van der Waals surface area contributed by atoms with Gasteiger partial charge in [-0.25, -0.2) is 9.36 Å². The molecule has 8 heteroatoms. The summed E-state index contributed by atoms with van der Waals surface area (Å²) >= 11 is 7.39. The predicted octanol–water partition coefficient (Wildman–Crippen LogP) is 4.43. The van der Waals surface area contributed by atoms with Gasteiger partial charge in [-0.3, -0.25) is 14.2 Å². The zero-order valence-corrected chi connectivity index (χ0v) is 18.8. The van der Waals surface area contributed by atoms with Gasteiger partial charge in [0.25, 0.3) is 5.56 Å². The average molecular weight is 454 g/mol. The van der Waals surface area contributed by atoms with Crippen LogP contribution in [0.15, 0.2) is 58.1 Å². The van der Waals surface area contributed by atoms with Gasteiger partial charge >= 0.3 is 5.69 Å². The summed E-state index contributed by atoms with van der Waals surface area (Å²) in [5.41, 5.74) is 2.05. The number of hydrogen-bond acceptors (Lipinski definition) is 4. The van der Waals surface area contributed by atoms with E-state index in [-0.39, 0.29) is 12.5 Å². The summed E-state index contributed by atoms with van der Waals surface area (Å²) < 4.78 is 2.40. The van der Waals surface area contributed by atoms with Crippen LogP contribution in [0, 0.1) is 20.8 Å². The van der Waals surface area contributed by atoms with Crippen LogP contribution >= 0.6 is 22.9 Å². The maximum absolute atomic E-state index is 13.3. The van der Waals surface area contributed by atoms with Crippen LogP contribution in [0.25, 0.3) is 15.9 Å². The third-order valence-electron chi connectivity index (χ3n) is 5.18. The molecule has 1 N–H and O–H groups in total. The highest BCUT2D eigenvalue weighted by molar-refractivity contribution is 7.18. The first-order chi connectivity index (χ1) is 14.8. The minimum Gasteiger partial charge on any atom is -0.324 e. The van der Waals surface area contributed by atoms with E-state index < -0.39 is 11.2 Å². The van der Waals surface area contributed by atoms with Crippen LogP contribution in [0.5, 0.6) is 0 Å². The molecular weight excluding hydrogens is 434 g/mol. The number of carbonyl (C=O) groups is 1. The molecule has 0 aliphatic carbocycles. The van der Waals surface area contributed by atoms with Gasteiger partial charge in [0.2, 0.25) is 5.91 Å². The minimum absolute atomic E-state index is 0.219. The molecule has 0 saturated heterocycles. The summed E-state index contributed by atoms with van der Waals surface area (Å²) in [4.78, 5) is 40.6. The highest BCUT2D eigenvalue weighted by atomic mass is 35.5. The molecule has 0 aliphatic rings. The Hall–Kier alpha value is -3.16. The molecule has 1 amide bonds. The summed E-state index contributed by atoms with van der Waals surface area (Å²) in [6, 6.07) is 13.9. The molecule has 0 spiro atoms. The van der Waals surface area contributed by atoms with Gasteiger partial charge in [0, 0.05) is 15.6 Å². The second-order valence-electron chi connectivity index (χ2n) is 7.36. The van der Waals surface area contributed by atoms with Crippen molar-refractivity contribution < 1.29 is 4.79 Å². The molecule has 0 saturated carbocycles. The normalized spacial score (nSPS) is 11.1. The first kappa shape index (κ1) is 21.1. The average Bonchev–Trinajstić information content (AvgIpc) is 3.11. The Morgan fingerprint density at radius 2 is 1.81 bits per heavy atom. The van der Waals surface area contributed by atoms with Gasteiger partial charge < -0.3 is 5.32 Å². The number of rotatable bonds is 4. The first-order valence-electron chi connectivity index (χ1n) is 9.64. The Bertz CT molecular complexity index is 1450. The second-order valence-corrected chi connectivity index (χ2v) is 9.03. The van der Waals surface area contributed by atoms with E-state index in [4.69, 9.17) is 11.6 Å². The largest absolute Gasteiger partial charge is 0.337 e. The number of aromatic nitrogens is 2. The lowest BCUT2D eigenvalue weighted by molar-refractivity contribution is -0.116. The van der Waals surface area contributed by atoms with Crippen LogP contribution in [-0.4, -0.2) is 15.0 Å². The van der Waals surface area contributed by atoms with Crippen molar-refractivity contribution in [3.8, 4) is 5.69 Å². The molecule has 6 nitrogen and oxygen atoms in total. The van der Waals surface area contributed by atoms with Gasteiger partial charge in [-0.15, -0.1) is 11.3 Å². The Morgan fingerprint density at radius 3 is 2.55 bits per heavy atom. The fourth-order valence-corrected chi connectivity index (χ4v) is 4.65. The van der Waals surface area contributed by atoms with E-state index in [9.17, 15) is 14.4 Å². The number of thiophene rings is 1. The Labute approximate surface area is 187 Å². The maximum Gasteiger partial charge on any atom is 0.337 e. The molecule has 0 bridgehead atoms. The van der Waals surface area contributed by atoms with Crippen LogP contribution in [-0.2, 0) is 11.3 Å². The zero-order valence-electron chi connectivity index (χ0n) is 17.2. The Balaban J connectivity index is 1.84. The Kier molecular flexibility index (Phi) is 5.56. The molecular formula is C23H20ClN3O3S. The number of aryl methyl sites for hydroxylation is 2. The lowest BCUT2D eigenvalue weighted by Gasteiger charge is -2.14. The van der Waals surface area contributed by atoms with E-state index in [1.165, 1.54) is 15.9 Å². The molecule has 0 unspecified atom stereocenters. The van der Waals surface area contributed by atoms with E-state index in [1.54, 1.807) is 30.3 Å². The summed E-state index contributed by atoms with van der Waals surface area (Å²) in [7, 11) is 0. The quantitative estimate of drug-likeness (QED) is 0.496. The minimum atomic E-state index is -0.585. The fraction of sp³-hybridized carbons (Fsp3) is 0.174. The zero-order chi connectivity index (χ0) is 22.3. The molecule has 2 aromatic heterocycles. The van der Waals surface area contributed by atoms with Crippen LogP contribution in [0.3, 0.4) is 0 Å². The highest BCUT2D eigenvalue weighted by Gasteiger charge is 2.19. The summed E-state index contributed by atoms with van der Waals surface area (Å²) in [6.07, 6.45) is 0. The van der Waals surface area contributed by atoms with Crippen molar-refractivity contribution in [2.24, 2.45) is 0 Å². The van der Waals surface area contributed by atoms with Crippen molar-refractivity contribution in [1.82, 2.24) is 9.13 Å². The van der Waals surface area contributed by atoms with E-state index in [0.717, 1.165) is 20.6 Å². The predicted molar refractivity (Wildman–Crippen MR) is 126 cm³/mol. The topological polar surface area (TPSA) is 73.1 Å². The van der Waals surface area contributed by atoms with Crippen LogP contribution in [0.2, 0.25) is 5.02 Å². The van der Waals surface area contributed by atoms with Gasteiger partial charge in [0.15, 0.2) is 0 Å². The molecule has 0 fully saturated rings. The fourth-order valence-electron chi connectivity index (χ4n) is 3.47. The van der Waals surface area contributed by atoms with Gasteiger partial charge in [-0.05, 0) is 62.2 Å². The number of nitrogens with zero attached hydrogens (tertiary/aromatic N) is 2. The van der Waals surface area contributed by atoms with E-state index in [2.05, 4.69) is 5.32 Å². The van der Waals surface area contributed by atoms with Gasteiger partial charge in [0.05, 0.1) is 11.1 Å². The number of nitrogens with one attached hydrogen (secondary N) is 1. The number of anilines is 1. The summed E-state index contributed by atoms with van der Waals surface area (Å²) in [5.74, 6) is -0.348. The Morgan fingerprint density at radius 1 is 1.06 bits per heavy atom. The SMILES string of the molecule is Cc1cc2c(=O)n(-c3cccc(Cl)c3)c(=O)n(CC(=O)Nc3cccc(C)c3C)c2s1. The number of hydrogen-bond donors (Lipinski definition) is 1. The standard InChI is InChI=1S/C23H20ClN3O3S/c1-13-6-4-9-19(15(13)3)25-20(28)12-26-22-18(10-14(2)31-22)21(29)27(23(26)30)17-8-5-7-16(24)11-17/h4-11H,12H2,1-3H3,(H,25,28). The van der Waals surface area contributed by atoms with E-state index >= 15 is 0 Å². The number of halogens is 1. The van der Waals surface area contributed by atoms with Crippen molar-refractivity contribution in [1.29, 1.82) is 0 Å². The van der Waals surface area contributed by atoms with E-state index in [1.807, 2.05) is 39.0 Å². The molecule has 0 atom stereocenters. The molecule has 2 aromatic carbocycles. The van der Waals surface area contributed by atoms with Crippen molar-refractivity contribution in [2.75, 3.05) is 5.32 Å². The third-order valence-corrected chi connectivity index (χ3v) is 6.49. The first-order valence-corrected chi connectivity index (χ1v) is 10.8. The summed E-state index contributed by atoms with van der Waals surface area (Å²) in [5, 5.41) is 3.68. The smallest absolute Gasteiger partial charge is 0.324 e. The monoisotopic (exact) mass is 453 g/mol. The number of benzene rings is 2. The van der Waals surface area contributed by atoms with Crippen molar-refractivity contribution in [3.05, 3.63) is 90.4 Å². The van der Waals surface area contributed by atoms with Crippen molar-refractivity contribution in [2.45, 2.75) is 27.3 Å². The molecule has 31 heavy (non-hydrogen) atoms.